The molecule has 1 aliphatic rings. The third-order valence-corrected chi connectivity index (χ3v) is 3.06. The fraction of sp³-hybridized carbons (Fsp3) is 0.500. The maximum atomic E-state index is 12.7. The molecule has 0 spiro atoms. The smallest absolute Gasteiger partial charge is 0.316 e. The first-order chi connectivity index (χ1) is 8.48. The number of carbonyl (C=O) groups is 1. The molecule has 1 fully saturated rings. The number of alkyl halides is 3. The van der Waals surface area contributed by atoms with Crippen LogP contribution in [0.15, 0.2) is 18.5 Å². The third-order valence-electron chi connectivity index (χ3n) is 3.06. The Bertz CT molecular complexity index is 439. The minimum absolute atomic E-state index is 0.124. The monoisotopic (exact) mass is 258 g/mol. The van der Waals surface area contributed by atoms with Gasteiger partial charge in [0, 0.05) is 24.4 Å². The van der Waals surface area contributed by atoms with Crippen LogP contribution in [0.1, 0.15) is 28.8 Å². The zero-order valence-electron chi connectivity index (χ0n) is 9.63. The lowest BCUT2D eigenvalue weighted by atomic mass is 9.96. The first-order valence-electron chi connectivity index (χ1n) is 5.73. The van der Waals surface area contributed by atoms with E-state index in [1.54, 1.807) is 0 Å². The molecule has 6 heteroatoms. The number of pyridine rings is 1. The van der Waals surface area contributed by atoms with Crippen LogP contribution in [0.2, 0.25) is 0 Å². The van der Waals surface area contributed by atoms with Crippen LogP contribution in [0.25, 0.3) is 0 Å². The van der Waals surface area contributed by atoms with Gasteiger partial charge in [-0.05, 0) is 31.5 Å². The van der Waals surface area contributed by atoms with Gasteiger partial charge in [-0.25, -0.2) is 0 Å². The topological polar surface area (TPSA) is 42.0 Å². The molecular weight excluding hydrogens is 245 g/mol. The highest BCUT2D eigenvalue weighted by molar-refractivity contribution is 5.97. The summed E-state index contributed by atoms with van der Waals surface area (Å²) in [5.41, 5.74) is -1.22. The number of halogens is 3. The molecule has 1 saturated heterocycles. The number of carbonyl (C=O) groups excluding carboxylic acids is 1. The van der Waals surface area contributed by atoms with Crippen molar-refractivity contribution in [3.63, 3.8) is 0 Å². The average Bonchev–Trinajstić information content (AvgIpc) is 2.80. The summed E-state index contributed by atoms with van der Waals surface area (Å²) in [5.74, 6) is -0.358. The molecule has 1 N–H and O–H groups in total. The molecule has 98 valence electrons. The van der Waals surface area contributed by atoms with Gasteiger partial charge in [-0.15, -0.1) is 0 Å². The molecule has 0 aliphatic carbocycles. The number of hydrogen-bond acceptors (Lipinski definition) is 3. The van der Waals surface area contributed by atoms with Gasteiger partial charge in [0.05, 0.1) is 5.56 Å². The molecule has 0 aromatic carbocycles. The first-order valence-corrected chi connectivity index (χ1v) is 5.73. The first kappa shape index (κ1) is 13.0. The van der Waals surface area contributed by atoms with Crippen molar-refractivity contribution in [2.24, 2.45) is 5.92 Å². The fourth-order valence-electron chi connectivity index (χ4n) is 2.12. The summed E-state index contributed by atoms with van der Waals surface area (Å²) in [4.78, 5) is 15.5. The molecular formula is C12H13F3N2O. The van der Waals surface area contributed by atoms with Crippen molar-refractivity contribution in [1.82, 2.24) is 10.3 Å². The lowest BCUT2D eigenvalue weighted by Crippen LogP contribution is -2.17. The average molecular weight is 258 g/mol. The Kier molecular flexibility index (Phi) is 3.65. The van der Waals surface area contributed by atoms with E-state index in [4.69, 9.17) is 0 Å². The summed E-state index contributed by atoms with van der Waals surface area (Å²) in [6, 6.07) is 0.847. The second kappa shape index (κ2) is 5.06. The SMILES string of the molecule is O=C(CC1CCNC1)c1cnccc1C(F)(F)F. The molecule has 18 heavy (non-hydrogen) atoms. The number of hydrogen-bond donors (Lipinski definition) is 1. The van der Waals surface area contributed by atoms with Crippen molar-refractivity contribution in [3.05, 3.63) is 29.6 Å². The molecule has 0 radical (unpaired) electrons. The van der Waals surface area contributed by atoms with Crippen LogP contribution >= 0.6 is 0 Å². The second-order valence-corrected chi connectivity index (χ2v) is 4.41. The van der Waals surface area contributed by atoms with Gasteiger partial charge in [-0.2, -0.15) is 13.2 Å². The van der Waals surface area contributed by atoms with Gasteiger partial charge in [-0.3, -0.25) is 9.78 Å². The van der Waals surface area contributed by atoms with Crippen LogP contribution in [-0.4, -0.2) is 23.9 Å². The van der Waals surface area contributed by atoms with Crippen LogP contribution in [-0.2, 0) is 6.18 Å². The van der Waals surface area contributed by atoms with Gasteiger partial charge in [0.1, 0.15) is 0 Å². The van der Waals surface area contributed by atoms with Gasteiger partial charge in [0.25, 0.3) is 0 Å². The molecule has 1 aliphatic heterocycles. The molecule has 0 bridgehead atoms. The maximum absolute atomic E-state index is 12.7. The van der Waals surface area contributed by atoms with E-state index in [9.17, 15) is 18.0 Å². The van der Waals surface area contributed by atoms with E-state index < -0.39 is 17.5 Å². The van der Waals surface area contributed by atoms with Crippen molar-refractivity contribution in [3.8, 4) is 0 Å². The summed E-state index contributed by atoms with van der Waals surface area (Å²) in [6.45, 7) is 1.50. The van der Waals surface area contributed by atoms with Crippen molar-refractivity contribution in [2.45, 2.75) is 19.0 Å². The molecule has 1 unspecified atom stereocenters. The summed E-state index contributed by atoms with van der Waals surface area (Å²) in [7, 11) is 0. The van der Waals surface area contributed by atoms with Crippen LogP contribution < -0.4 is 5.32 Å². The number of rotatable bonds is 3. The van der Waals surface area contributed by atoms with E-state index in [-0.39, 0.29) is 17.9 Å². The van der Waals surface area contributed by atoms with Crippen LogP contribution in [0, 0.1) is 5.92 Å². The zero-order valence-corrected chi connectivity index (χ0v) is 9.63. The van der Waals surface area contributed by atoms with Gasteiger partial charge < -0.3 is 5.32 Å². The number of nitrogens with zero attached hydrogens (tertiary/aromatic N) is 1. The Hall–Kier alpha value is -1.43. The van der Waals surface area contributed by atoms with Gasteiger partial charge in [0.2, 0.25) is 0 Å². The number of ketones is 1. The normalized spacial score (nSPS) is 20.1. The number of Topliss-reactive ketones (excluding diaryl/α,β-unsaturated/α-hetero) is 1. The number of aromatic nitrogens is 1. The second-order valence-electron chi connectivity index (χ2n) is 4.41. The molecule has 2 heterocycles. The molecule has 2 rings (SSSR count). The van der Waals surface area contributed by atoms with Crippen molar-refractivity contribution < 1.29 is 18.0 Å². The van der Waals surface area contributed by atoms with E-state index in [0.717, 1.165) is 31.4 Å². The van der Waals surface area contributed by atoms with E-state index in [0.29, 0.717) is 6.54 Å². The van der Waals surface area contributed by atoms with E-state index in [1.165, 1.54) is 0 Å². The minimum atomic E-state index is -4.51. The Morgan fingerprint density at radius 1 is 1.50 bits per heavy atom. The molecule has 1 atom stereocenters. The summed E-state index contributed by atoms with van der Waals surface area (Å²) in [6.07, 6.45) is -1.48. The zero-order chi connectivity index (χ0) is 13.2. The van der Waals surface area contributed by atoms with E-state index in [2.05, 4.69) is 10.3 Å². The summed E-state index contributed by atoms with van der Waals surface area (Å²) in [5, 5.41) is 3.08. The third kappa shape index (κ3) is 2.87. The standard InChI is InChI=1S/C12H13F3N2O/c13-12(14,15)10-2-4-17-7-9(10)11(18)5-8-1-3-16-6-8/h2,4,7-8,16H,1,3,5-6H2. The maximum Gasteiger partial charge on any atom is 0.417 e. The minimum Gasteiger partial charge on any atom is -0.316 e. The Labute approximate surface area is 102 Å². The summed E-state index contributed by atoms with van der Waals surface area (Å²) < 4.78 is 38.2. The predicted octanol–water partition coefficient (Wildman–Crippen LogP) is 2.28. The Morgan fingerprint density at radius 3 is 2.89 bits per heavy atom. The van der Waals surface area contributed by atoms with E-state index in [1.807, 2.05) is 0 Å². The highest BCUT2D eigenvalue weighted by Crippen LogP contribution is 2.32. The Balaban J connectivity index is 2.19. The molecule has 0 saturated carbocycles. The van der Waals surface area contributed by atoms with Crippen LogP contribution in [0.5, 0.6) is 0 Å². The quantitative estimate of drug-likeness (QED) is 0.846. The van der Waals surface area contributed by atoms with Gasteiger partial charge >= 0.3 is 6.18 Å². The fourth-order valence-corrected chi connectivity index (χ4v) is 2.12. The van der Waals surface area contributed by atoms with Gasteiger partial charge in [0.15, 0.2) is 5.78 Å². The van der Waals surface area contributed by atoms with Crippen molar-refractivity contribution in [2.75, 3.05) is 13.1 Å². The van der Waals surface area contributed by atoms with Crippen LogP contribution in [0.3, 0.4) is 0 Å². The predicted molar refractivity (Wildman–Crippen MR) is 59.2 cm³/mol. The van der Waals surface area contributed by atoms with Gasteiger partial charge in [-0.1, -0.05) is 0 Å². The molecule has 0 amide bonds. The van der Waals surface area contributed by atoms with Crippen LogP contribution in [0.4, 0.5) is 13.2 Å². The largest absolute Gasteiger partial charge is 0.417 e. The van der Waals surface area contributed by atoms with Crippen molar-refractivity contribution in [1.29, 1.82) is 0 Å². The molecule has 3 nitrogen and oxygen atoms in total. The lowest BCUT2D eigenvalue weighted by molar-refractivity contribution is -0.138. The van der Waals surface area contributed by atoms with Crippen molar-refractivity contribution >= 4 is 5.78 Å². The summed E-state index contributed by atoms with van der Waals surface area (Å²) >= 11 is 0. The number of nitrogens with one attached hydrogen (secondary N) is 1. The molecule has 1 aromatic heterocycles. The highest BCUT2D eigenvalue weighted by atomic mass is 19.4. The lowest BCUT2D eigenvalue weighted by Gasteiger charge is -2.12. The molecule has 1 aromatic rings. The van der Waals surface area contributed by atoms with E-state index >= 15 is 0 Å². The highest BCUT2D eigenvalue weighted by Gasteiger charge is 2.35. The Morgan fingerprint density at radius 2 is 2.28 bits per heavy atom.